The first-order chi connectivity index (χ1) is 9.39. The smallest absolute Gasteiger partial charge is 0.0669 e. The van der Waals surface area contributed by atoms with Crippen LogP contribution in [0.1, 0.15) is 92.4 Å². The molecule has 0 aliphatic carbocycles. The van der Waals surface area contributed by atoms with E-state index in [4.69, 9.17) is 0 Å². The molecule has 0 bridgehead atoms. The van der Waals surface area contributed by atoms with Gasteiger partial charge in [-0.15, -0.1) is 0 Å². The normalized spacial score (nSPS) is 13.9. The van der Waals surface area contributed by atoms with Gasteiger partial charge in [-0.2, -0.15) is 0 Å². The Labute approximate surface area is 127 Å². The fraction of sp³-hybridized carbons (Fsp3) is 1.00. The molecular formula is C18H39NO. The molecule has 0 spiro atoms. The number of rotatable bonds is 12. The van der Waals surface area contributed by atoms with Crippen LogP contribution in [0.4, 0.5) is 0 Å². The van der Waals surface area contributed by atoms with Crippen LogP contribution in [-0.2, 0) is 0 Å². The topological polar surface area (TPSA) is 32.3 Å². The quantitative estimate of drug-likeness (QED) is 0.500. The van der Waals surface area contributed by atoms with Crippen LogP contribution in [0.5, 0.6) is 0 Å². The van der Waals surface area contributed by atoms with Crippen LogP contribution in [0.25, 0.3) is 0 Å². The fourth-order valence-electron chi connectivity index (χ4n) is 2.71. The van der Waals surface area contributed by atoms with E-state index in [1.54, 1.807) is 0 Å². The van der Waals surface area contributed by atoms with Crippen LogP contribution >= 0.6 is 0 Å². The molecule has 2 nitrogen and oxygen atoms in total. The molecular weight excluding hydrogens is 246 g/mol. The molecule has 0 radical (unpaired) electrons. The van der Waals surface area contributed by atoms with Gasteiger partial charge in [0.15, 0.2) is 0 Å². The molecule has 2 N–H and O–H groups in total. The van der Waals surface area contributed by atoms with Gasteiger partial charge < -0.3 is 10.4 Å². The lowest BCUT2D eigenvalue weighted by Crippen LogP contribution is -2.37. The average molecular weight is 286 g/mol. The maximum Gasteiger partial charge on any atom is 0.0669 e. The summed E-state index contributed by atoms with van der Waals surface area (Å²) in [4.78, 5) is 0. The predicted octanol–water partition coefficient (Wildman–Crippen LogP) is 4.90. The minimum absolute atomic E-state index is 0.209. The van der Waals surface area contributed by atoms with Crippen LogP contribution in [0.3, 0.4) is 0 Å². The highest BCUT2D eigenvalue weighted by molar-refractivity contribution is 4.74. The minimum atomic E-state index is -0.213. The van der Waals surface area contributed by atoms with E-state index in [1.165, 1.54) is 51.4 Å². The highest BCUT2D eigenvalue weighted by Crippen LogP contribution is 2.20. The second-order valence-corrected chi connectivity index (χ2v) is 7.52. The number of hydrogen-bond acceptors (Lipinski definition) is 2. The standard InChI is InChI=1S/C18H39NO/c1-6-8-10-12-16(13-11-9-7-2)19-15-17(20)14-18(3,4)5/h16-17,19-20H,6-15H2,1-5H3. The Bertz CT molecular complexity index is 200. The lowest BCUT2D eigenvalue weighted by molar-refractivity contribution is 0.115. The zero-order valence-electron chi connectivity index (χ0n) is 14.7. The molecule has 0 amide bonds. The summed E-state index contributed by atoms with van der Waals surface area (Å²) in [7, 11) is 0. The second-order valence-electron chi connectivity index (χ2n) is 7.52. The van der Waals surface area contributed by atoms with Gasteiger partial charge in [-0.05, 0) is 24.7 Å². The Kier molecular flexibility index (Phi) is 11.5. The summed E-state index contributed by atoms with van der Waals surface area (Å²) < 4.78 is 0. The van der Waals surface area contributed by atoms with Crippen LogP contribution in [-0.4, -0.2) is 23.8 Å². The van der Waals surface area contributed by atoms with Gasteiger partial charge in [-0.25, -0.2) is 0 Å². The third-order valence-corrected chi connectivity index (χ3v) is 3.80. The molecule has 0 aromatic carbocycles. The number of aliphatic hydroxyl groups is 1. The van der Waals surface area contributed by atoms with Crippen molar-refractivity contribution in [1.29, 1.82) is 0 Å². The SMILES string of the molecule is CCCCCC(CCCCC)NCC(O)CC(C)(C)C. The van der Waals surface area contributed by atoms with Crippen LogP contribution in [0.2, 0.25) is 0 Å². The number of hydrogen-bond donors (Lipinski definition) is 2. The van der Waals surface area contributed by atoms with Crippen molar-refractivity contribution in [3.8, 4) is 0 Å². The van der Waals surface area contributed by atoms with Crippen molar-refractivity contribution in [3.05, 3.63) is 0 Å². The molecule has 0 aromatic rings. The van der Waals surface area contributed by atoms with E-state index < -0.39 is 0 Å². The summed E-state index contributed by atoms with van der Waals surface area (Å²) in [6, 6.07) is 0.600. The molecule has 0 saturated heterocycles. The lowest BCUT2D eigenvalue weighted by Gasteiger charge is -2.25. The Morgan fingerprint density at radius 1 is 0.900 bits per heavy atom. The highest BCUT2D eigenvalue weighted by atomic mass is 16.3. The van der Waals surface area contributed by atoms with Crippen molar-refractivity contribution in [2.75, 3.05) is 6.54 Å². The zero-order valence-corrected chi connectivity index (χ0v) is 14.7. The number of unbranched alkanes of at least 4 members (excludes halogenated alkanes) is 4. The van der Waals surface area contributed by atoms with E-state index in [0.717, 1.165) is 13.0 Å². The van der Waals surface area contributed by atoms with Gasteiger partial charge in [0.1, 0.15) is 0 Å². The van der Waals surface area contributed by atoms with Gasteiger partial charge in [-0.1, -0.05) is 73.1 Å². The van der Waals surface area contributed by atoms with Crippen molar-refractivity contribution in [2.24, 2.45) is 5.41 Å². The Balaban J connectivity index is 3.99. The first kappa shape index (κ1) is 19.9. The summed E-state index contributed by atoms with van der Waals surface area (Å²) in [6.45, 7) is 11.8. The third kappa shape index (κ3) is 12.9. The van der Waals surface area contributed by atoms with Crippen LogP contribution in [0, 0.1) is 5.41 Å². The van der Waals surface area contributed by atoms with Crippen LogP contribution < -0.4 is 5.32 Å². The summed E-state index contributed by atoms with van der Waals surface area (Å²) in [6.07, 6.45) is 11.0. The summed E-state index contributed by atoms with van der Waals surface area (Å²) in [5, 5.41) is 13.7. The van der Waals surface area contributed by atoms with Gasteiger partial charge in [0, 0.05) is 12.6 Å². The minimum Gasteiger partial charge on any atom is -0.392 e. The molecule has 0 aromatic heterocycles. The molecule has 0 aliphatic rings. The van der Waals surface area contributed by atoms with Crippen LogP contribution in [0.15, 0.2) is 0 Å². The van der Waals surface area contributed by atoms with E-state index in [9.17, 15) is 5.11 Å². The van der Waals surface area contributed by atoms with E-state index in [-0.39, 0.29) is 11.5 Å². The molecule has 0 heterocycles. The van der Waals surface area contributed by atoms with Crippen molar-refractivity contribution >= 4 is 0 Å². The van der Waals surface area contributed by atoms with Crippen molar-refractivity contribution < 1.29 is 5.11 Å². The molecule has 2 heteroatoms. The molecule has 20 heavy (non-hydrogen) atoms. The van der Waals surface area contributed by atoms with Crippen molar-refractivity contribution in [1.82, 2.24) is 5.32 Å². The first-order valence-corrected chi connectivity index (χ1v) is 8.80. The fourth-order valence-corrected chi connectivity index (χ4v) is 2.71. The van der Waals surface area contributed by atoms with Gasteiger partial charge in [0.2, 0.25) is 0 Å². The first-order valence-electron chi connectivity index (χ1n) is 8.80. The van der Waals surface area contributed by atoms with Gasteiger partial charge in [-0.3, -0.25) is 0 Å². The van der Waals surface area contributed by atoms with E-state index in [0.29, 0.717) is 6.04 Å². The molecule has 122 valence electrons. The van der Waals surface area contributed by atoms with Crippen molar-refractivity contribution in [2.45, 2.75) is 105 Å². The molecule has 0 saturated carbocycles. The molecule has 0 aliphatic heterocycles. The second kappa shape index (κ2) is 11.6. The molecule has 0 fully saturated rings. The van der Waals surface area contributed by atoms with Gasteiger partial charge in [0.25, 0.3) is 0 Å². The molecule has 1 unspecified atom stereocenters. The summed E-state index contributed by atoms with van der Waals surface area (Å²) >= 11 is 0. The maximum absolute atomic E-state index is 10.1. The maximum atomic E-state index is 10.1. The lowest BCUT2D eigenvalue weighted by atomic mass is 9.89. The molecule has 0 rings (SSSR count). The zero-order chi connectivity index (χ0) is 15.4. The molecule has 1 atom stereocenters. The monoisotopic (exact) mass is 285 g/mol. The average Bonchev–Trinajstić information content (AvgIpc) is 2.33. The Hall–Kier alpha value is -0.0800. The number of aliphatic hydroxyl groups excluding tert-OH is 1. The third-order valence-electron chi connectivity index (χ3n) is 3.80. The highest BCUT2D eigenvalue weighted by Gasteiger charge is 2.17. The number of nitrogens with one attached hydrogen (secondary N) is 1. The Morgan fingerprint density at radius 2 is 1.40 bits per heavy atom. The predicted molar refractivity (Wildman–Crippen MR) is 90.2 cm³/mol. The summed E-state index contributed by atoms with van der Waals surface area (Å²) in [5.41, 5.74) is 0.209. The Morgan fingerprint density at radius 3 is 1.80 bits per heavy atom. The van der Waals surface area contributed by atoms with E-state index >= 15 is 0 Å². The largest absolute Gasteiger partial charge is 0.392 e. The van der Waals surface area contributed by atoms with Crippen molar-refractivity contribution in [3.63, 3.8) is 0 Å². The summed E-state index contributed by atoms with van der Waals surface area (Å²) in [5.74, 6) is 0. The van der Waals surface area contributed by atoms with E-state index in [1.807, 2.05) is 0 Å². The van der Waals surface area contributed by atoms with E-state index in [2.05, 4.69) is 39.9 Å². The van der Waals surface area contributed by atoms with Gasteiger partial charge >= 0.3 is 0 Å². The van der Waals surface area contributed by atoms with Gasteiger partial charge in [0.05, 0.1) is 6.10 Å².